The molecule has 0 unspecified atom stereocenters. The monoisotopic (exact) mass is 138 g/mol. The van der Waals surface area contributed by atoms with Gasteiger partial charge in [-0.05, 0) is 0 Å². The highest BCUT2D eigenvalue weighted by molar-refractivity contribution is 6.26. The number of hydrogen-bond donors (Lipinski definition) is 0. The van der Waals surface area contributed by atoms with Crippen LogP contribution in [0.2, 0.25) is 0 Å². The lowest BCUT2D eigenvalue weighted by molar-refractivity contribution is -0.150. The summed E-state index contributed by atoms with van der Waals surface area (Å²) in [5, 5.41) is 0. The highest BCUT2D eigenvalue weighted by Crippen LogP contribution is 1.81. The molecule has 0 atom stereocenters. The Morgan fingerprint density at radius 1 is 1.75 bits per heavy atom. The lowest BCUT2D eigenvalue weighted by Crippen LogP contribution is -2.07. The van der Waals surface area contributed by atoms with Gasteiger partial charge in [0.2, 0.25) is 0 Å². The van der Waals surface area contributed by atoms with Crippen molar-refractivity contribution in [3.63, 3.8) is 0 Å². The van der Waals surface area contributed by atoms with E-state index in [4.69, 9.17) is 11.6 Å². The average molecular weight is 139 g/mol. The van der Waals surface area contributed by atoms with Crippen molar-refractivity contribution in [1.29, 1.82) is 0 Å². The molecule has 0 aromatic carbocycles. The maximum absolute atomic E-state index is 10.1. The highest BCUT2D eigenvalue weighted by Gasteiger charge is 1.95. The largest absolute Gasteiger partial charge is 0.438 e. The molecule has 0 bridgehead atoms. The molecule has 0 aromatic rings. The van der Waals surface area contributed by atoms with E-state index in [9.17, 15) is 4.79 Å². The predicted octanol–water partition coefficient (Wildman–Crippen LogP) is 0.372. The molecular formula is C4H7ClO3. The number of ether oxygens (including phenoxy) is 2. The van der Waals surface area contributed by atoms with Crippen molar-refractivity contribution in [1.82, 2.24) is 0 Å². The minimum absolute atomic E-state index is 0.0223. The summed E-state index contributed by atoms with van der Waals surface area (Å²) in [6.07, 6.45) is 0. The first kappa shape index (κ1) is 7.72. The third-order valence-electron chi connectivity index (χ3n) is 0.447. The van der Waals surface area contributed by atoms with Crippen molar-refractivity contribution in [2.24, 2.45) is 0 Å². The SMILES string of the molecule is COCOC(=O)CCl. The Morgan fingerprint density at radius 3 is 2.75 bits per heavy atom. The van der Waals surface area contributed by atoms with Crippen molar-refractivity contribution in [2.75, 3.05) is 19.8 Å². The molecule has 0 heterocycles. The summed E-state index contributed by atoms with van der Waals surface area (Å²) >= 11 is 5.06. The van der Waals surface area contributed by atoms with Gasteiger partial charge < -0.3 is 9.47 Å². The maximum Gasteiger partial charge on any atom is 0.322 e. The van der Waals surface area contributed by atoms with Crippen LogP contribution < -0.4 is 0 Å². The summed E-state index contributed by atoms with van der Waals surface area (Å²) < 4.78 is 8.76. The van der Waals surface area contributed by atoms with Gasteiger partial charge >= 0.3 is 5.97 Å². The first-order chi connectivity index (χ1) is 3.81. The first-order valence-corrected chi connectivity index (χ1v) is 2.55. The van der Waals surface area contributed by atoms with Crippen LogP contribution >= 0.6 is 11.6 Å². The Kier molecular flexibility index (Phi) is 4.70. The summed E-state index contributed by atoms with van der Waals surface area (Å²) in [6.45, 7) is -0.0223. The van der Waals surface area contributed by atoms with Crippen molar-refractivity contribution in [2.45, 2.75) is 0 Å². The van der Waals surface area contributed by atoms with E-state index in [2.05, 4.69) is 9.47 Å². The summed E-state index contributed by atoms with van der Waals surface area (Å²) in [7, 11) is 1.43. The zero-order chi connectivity index (χ0) is 6.41. The fourth-order valence-corrected chi connectivity index (χ4v) is 0.240. The third-order valence-corrected chi connectivity index (χ3v) is 0.665. The Bertz CT molecular complexity index is 73.7. The molecule has 0 amide bonds. The Balaban J connectivity index is 2.99. The summed E-state index contributed by atoms with van der Waals surface area (Å²) in [5.41, 5.74) is 0. The third kappa shape index (κ3) is 3.89. The van der Waals surface area contributed by atoms with E-state index in [0.717, 1.165) is 0 Å². The molecule has 0 fully saturated rings. The van der Waals surface area contributed by atoms with Gasteiger partial charge in [0.15, 0.2) is 6.79 Å². The van der Waals surface area contributed by atoms with E-state index >= 15 is 0 Å². The lowest BCUT2D eigenvalue weighted by Gasteiger charge is -1.97. The molecular weight excluding hydrogens is 131 g/mol. The Morgan fingerprint density at radius 2 is 2.38 bits per heavy atom. The van der Waals surface area contributed by atoms with Crippen LogP contribution in [0.1, 0.15) is 0 Å². The van der Waals surface area contributed by atoms with E-state index in [-0.39, 0.29) is 12.7 Å². The second-order valence-electron chi connectivity index (χ2n) is 1.06. The van der Waals surface area contributed by atoms with Gasteiger partial charge in [0.05, 0.1) is 0 Å². The van der Waals surface area contributed by atoms with Crippen LogP contribution in [0.25, 0.3) is 0 Å². The van der Waals surface area contributed by atoms with E-state index < -0.39 is 5.97 Å². The smallest absolute Gasteiger partial charge is 0.322 e. The van der Waals surface area contributed by atoms with Crippen LogP contribution in [0.3, 0.4) is 0 Å². The Hall–Kier alpha value is -0.280. The lowest BCUT2D eigenvalue weighted by atomic mass is 10.8. The summed E-state index contributed by atoms with van der Waals surface area (Å²) in [5.74, 6) is -0.586. The van der Waals surface area contributed by atoms with Crippen LogP contribution in [-0.4, -0.2) is 25.8 Å². The average Bonchev–Trinajstić information content (AvgIpc) is 1.83. The number of hydrogen-bond acceptors (Lipinski definition) is 3. The zero-order valence-electron chi connectivity index (χ0n) is 4.52. The molecule has 4 heteroatoms. The molecule has 0 aliphatic heterocycles. The van der Waals surface area contributed by atoms with Gasteiger partial charge in [0, 0.05) is 7.11 Å². The normalized spacial score (nSPS) is 8.75. The molecule has 0 aliphatic carbocycles. The van der Waals surface area contributed by atoms with E-state index in [1.165, 1.54) is 7.11 Å². The van der Waals surface area contributed by atoms with Crippen molar-refractivity contribution in [3.8, 4) is 0 Å². The molecule has 48 valence electrons. The predicted molar refractivity (Wildman–Crippen MR) is 28.7 cm³/mol. The number of rotatable bonds is 3. The fourth-order valence-electron chi connectivity index (χ4n) is 0.163. The van der Waals surface area contributed by atoms with Gasteiger partial charge in [-0.3, -0.25) is 4.79 Å². The quantitative estimate of drug-likeness (QED) is 0.321. The molecule has 0 N–H and O–H groups in total. The number of methoxy groups -OCH3 is 1. The minimum atomic E-state index is -0.464. The zero-order valence-corrected chi connectivity index (χ0v) is 5.27. The Labute approximate surface area is 52.5 Å². The second kappa shape index (κ2) is 4.87. The van der Waals surface area contributed by atoms with Crippen molar-refractivity contribution < 1.29 is 14.3 Å². The molecule has 0 aromatic heterocycles. The fraction of sp³-hybridized carbons (Fsp3) is 0.750. The number of halogens is 1. The number of esters is 1. The summed E-state index contributed by atoms with van der Waals surface area (Å²) in [4.78, 5) is 10.1. The van der Waals surface area contributed by atoms with Crippen LogP contribution in [0.4, 0.5) is 0 Å². The number of carbonyl (C=O) groups excluding carboxylic acids is 1. The topological polar surface area (TPSA) is 35.5 Å². The second-order valence-corrected chi connectivity index (χ2v) is 1.32. The molecule has 3 nitrogen and oxygen atoms in total. The van der Waals surface area contributed by atoms with Crippen LogP contribution in [0.15, 0.2) is 0 Å². The number of alkyl halides is 1. The van der Waals surface area contributed by atoms with Gasteiger partial charge in [-0.2, -0.15) is 0 Å². The van der Waals surface area contributed by atoms with Gasteiger partial charge in [0.25, 0.3) is 0 Å². The van der Waals surface area contributed by atoms with Gasteiger partial charge in [0.1, 0.15) is 5.88 Å². The molecule has 0 saturated carbocycles. The van der Waals surface area contributed by atoms with Gasteiger partial charge in [-0.1, -0.05) is 0 Å². The van der Waals surface area contributed by atoms with Crippen molar-refractivity contribution >= 4 is 17.6 Å². The first-order valence-electron chi connectivity index (χ1n) is 2.01. The van der Waals surface area contributed by atoms with Crippen molar-refractivity contribution in [3.05, 3.63) is 0 Å². The summed E-state index contributed by atoms with van der Waals surface area (Å²) in [6, 6.07) is 0. The number of carbonyl (C=O) groups is 1. The van der Waals surface area contributed by atoms with Crippen LogP contribution in [0.5, 0.6) is 0 Å². The molecule has 0 aliphatic rings. The molecule has 0 spiro atoms. The minimum Gasteiger partial charge on any atom is -0.438 e. The van der Waals surface area contributed by atoms with Gasteiger partial charge in [-0.25, -0.2) is 0 Å². The van der Waals surface area contributed by atoms with Crippen LogP contribution in [-0.2, 0) is 14.3 Å². The molecule has 0 saturated heterocycles. The molecule has 8 heavy (non-hydrogen) atoms. The van der Waals surface area contributed by atoms with E-state index in [0.29, 0.717) is 0 Å². The molecule has 0 radical (unpaired) electrons. The maximum atomic E-state index is 10.1. The van der Waals surface area contributed by atoms with E-state index in [1.54, 1.807) is 0 Å². The van der Waals surface area contributed by atoms with Gasteiger partial charge in [-0.15, -0.1) is 11.6 Å². The standard InChI is InChI=1S/C4H7ClO3/c1-7-3-8-4(6)2-5/h2-3H2,1H3. The van der Waals surface area contributed by atoms with Crippen LogP contribution in [0, 0.1) is 0 Å². The van der Waals surface area contributed by atoms with E-state index in [1.807, 2.05) is 0 Å². The molecule has 0 rings (SSSR count). The highest BCUT2D eigenvalue weighted by atomic mass is 35.5.